The molecule has 27 heavy (non-hydrogen) atoms. The van der Waals surface area contributed by atoms with Crippen LogP contribution in [0.2, 0.25) is 0 Å². The van der Waals surface area contributed by atoms with Gasteiger partial charge < -0.3 is 0 Å². The number of hydrogen-bond donors (Lipinski definition) is 2. The van der Waals surface area contributed by atoms with Crippen molar-refractivity contribution in [3.8, 4) is 0 Å². The van der Waals surface area contributed by atoms with Crippen LogP contribution in [0.3, 0.4) is 0 Å². The van der Waals surface area contributed by atoms with E-state index in [1.807, 2.05) is 60.7 Å². The van der Waals surface area contributed by atoms with E-state index in [-0.39, 0.29) is 18.9 Å². The van der Waals surface area contributed by atoms with Crippen LogP contribution >= 0.6 is 7.28 Å². The van der Waals surface area contributed by atoms with Gasteiger partial charge in [0.25, 0.3) is 0 Å². The minimum atomic E-state index is -4.36. The fourth-order valence-electron chi connectivity index (χ4n) is 3.37. The first-order valence-corrected chi connectivity index (χ1v) is 12.1. The summed E-state index contributed by atoms with van der Waals surface area (Å²) >= 11 is 0. The Morgan fingerprint density at radius 2 is 1.30 bits per heavy atom. The van der Waals surface area contributed by atoms with Gasteiger partial charge in [-0.25, -0.2) is 0 Å². The van der Waals surface area contributed by atoms with Gasteiger partial charge in [-0.1, -0.05) is 0 Å². The number of benzene rings is 2. The van der Waals surface area contributed by atoms with Gasteiger partial charge in [-0.05, 0) is 0 Å². The molecule has 0 spiro atoms. The van der Waals surface area contributed by atoms with E-state index in [1.54, 1.807) is 0 Å². The average Bonchev–Trinajstić information content (AvgIpc) is 2.61. The predicted molar refractivity (Wildman–Crippen MR) is 115 cm³/mol. The van der Waals surface area contributed by atoms with Gasteiger partial charge in [-0.15, -0.1) is 0 Å². The summed E-state index contributed by atoms with van der Waals surface area (Å²) in [4.78, 5) is 25.2. The van der Waals surface area contributed by atoms with Gasteiger partial charge in [0.2, 0.25) is 0 Å². The molecular weight excluding hydrogens is 357 g/mol. The van der Waals surface area contributed by atoms with Crippen LogP contribution in [0.25, 0.3) is 0 Å². The van der Waals surface area contributed by atoms with Crippen molar-refractivity contribution in [1.82, 2.24) is 4.90 Å². The van der Waals surface area contributed by atoms with Gasteiger partial charge in [0.15, 0.2) is 0 Å². The van der Waals surface area contributed by atoms with E-state index >= 15 is 0 Å². The van der Waals surface area contributed by atoms with Crippen LogP contribution in [0, 0.1) is 0 Å². The Hall–Kier alpha value is -1.29. The third-order valence-electron chi connectivity index (χ3n) is 4.85. The van der Waals surface area contributed by atoms with E-state index < -0.39 is 7.28 Å². The van der Waals surface area contributed by atoms with E-state index in [0.717, 1.165) is 11.1 Å². The Morgan fingerprint density at radius 3 is 1.78 bits per heavy atom. The van der Waals surface area contributed by atoms with Crippen molar-refractivity contribution in [2.24, 2.45) is 0 Å². The summed E-state index contributed by atoms with van der Waals surface area (Å²) in [5, 5.41) is 0. The van der Waals surface area contributed by atoms with Crippen LogP contribution in [0.5, 0.6) is 0 Å². The molecule has 0 saturated carbocycles. The second kappa shape index (κ2) is 9.27. The van der Waals surface area contributed by atoms with Crippen LogP contribution in [-0.2, 0) is 17.3 Å². The van der Waals surface area contributed by atoms with Crippen molar-refractivity contribution in [2.75, 3.05) is 12.7 Å². The molecule has 0 radical (unpaired) electrons. The number of rotatable bonds is 10. The van der Waals surface area contributed by atoms with Gasteiger partial charge in [0.05, 0.1) is 0 Å². The van der Waals surface area contributed by atoms with Crippen LogP contribution in [0.4, 0.5) is 0 Å². The van der Waals surface area contributed by atoms with E-state index in [9.17, 15) is 9.79 Å². The molecule has 0 heterocycles. The van der Waals surface area contributed by atoms with Crippen molar-refractivity contribution >= 4 is 7.28 Å². The van der Waals surface area contributed by atoms with Crippen LogP contribution in [-0.4, -0.2) is 39.5 Å². The maximum atomic E-state index is 11.4. The first kappa shape index (κ1) is 22.0. The summed E-state index contributed by atoms with van der Waals surface area (Å²) < 4.78 is 5.93. The zero-order valence-electron chi connectivity index (χ0n) is 17.0. The molecule has 2 N–H and O–H groups in total. The molecule has 2 aromatic carbocycles. The van der Waals surface area contributed by atoms with Gasteiger partial charge >= 0.3 is 164 Å². The molecule has 5 heteroatoms. The predicted octanol–water partition coefficient (Wildman–Crippen LogP) is 4.81. The second-order valence-electron chi connectivity index (χ2n) is 7.85. The van der Waals surface area contributed by atoms with Crippen molar-refractivity contribution in [3.63, 3.8) is 0 Å². The Kier molecular flexibility index (Phi) is 7.55. The van der Waals surface area contributed by atoms with Crippen molar-refractivity contribution < 1.29 is 14.3 Å². The molecule has 0 unspecified atom stereocenters. The van der Waals surface area contributed by atoms with Crippen molar-refractivity contribution in [2.45, 2.75) is 52.5 Å². The molecule has 2 rings (SSSR count). The monoisotopic (exact) mass is 391 g/mol. The molecule has 0 aliphatic carbocycles. The Balaban J connectivity index is 2.20. The summed E-state index contributed by atoms with van der Waals surface area (Å²) in [6.45, 7) is 9.30. The molecule has 4 nitrogen and oxygen atoms in total. The van der Waals surface area contributed by atoms with E-state index in [1.165, 1.54) is 0 Å². The summed E-state index contributed by atoms with van der Waals surface area (Å²) in [5.41, 5.74) is 1.82. The van der Waals surface area contributed by atoms with Gasteiger partial charge in [-0.3, -0.25) is 0 Å². The Morgan fingerprint density at radius 1 is 0.815 bits per heavy atom. The first-order valence-electron chi connectivity index (χ1n) is 9.67. The summed E-state index contributed by atoms with van der Waals surface area (Å²) in [5.74, 6) is 0. The first-order chi connectivity index (χ1) is 12.7. The molecule has 0 atom stereocenters. The molecule has 150 valence electrons. The zero-order valence-corrected chi connectivity index (χ0v) is 17.8. The van der Waals surface area contributed by atoms with Crippen molar-refractivity contribution in [3.05, 3.63) is 71.8 Å². The Bertz CT molecular complexity index is 681. The van der Waals surface area contributed by atoms with E-state index in [0.29, 0.717) is 18.6 Å². The molecule has 0 aliphatic rings. The number of nitrogens with zero attached hydrogens (tertiary/aromatic N) is 1. The zero-order chi connectivity index (χ0) is 19.9. The topological polar surface area (TPSA) is 52.9 Å². The fraction of sp³-hybridized carbons (Fsp3) is 0.455. The molecule has 0 aromatic heterocycles. The fourth-order valence-corrected chi connectivity index (χ4v) is 5.77. The summed E-state index contributed by atoms with van der Waals surface area (Å²) in [6, 6.07) is 19.9. The van der Waals surface area contributed by atoms with Crippen LogP contribution in [0.15, 0.2) is 60.7 Å². The third-order valence-corrected chi connectivity index (χ3v) is 7.67. The molecule has 0 aliphatic heterocycles. The van der Waals surface area contributed by atoms with E-state index in [4.69, 9.17) is 4.52 Å². The van der Waals surface area contributed by atoms with Gasteiger partial charge in [0.1, 0.15) is 0 Å². The number of hydrogen-bond acceptors (Lipinski definition) is 4. The Labute approximate surface area is 164 Å². The average molecular weight is 391 g/mol. The van der Waals surface area contributed by atoms with Crippen molar-refractivity contribution in [1.29, 1.82) is 0 Å². The molecule has 2 aromatic rings. The summed E-state index contributed by atoms with van der Waals surface area (Å²) in [6.07, 6.45) is 0.368. The normalized spacial score (nSPS) is 13.9. The van der Waals surface area contributed by atoms with E-state index in [2.05, 4.69) is 32.6 Å². The summed E-state index contributed by atoms with van der Waals surface area (Å²) in [7, 11) is -4.36. The SMILES string of the molecule is CC(C)N(CCP(O)(O)(Cc1ccccc1)OCc1ccccc1)C(C)C. The second-order valence-corrected chi connectivity index (χ2v) is 11.5. The molecular formula is C22H34NO3P. The standard InChI is InChI=1S/C22H34NO3P/c1-19(2)23(20(3)4)15-16-27(24,25,18-22-13-9-6-10-14-22)26-17-21-11-7-5-8-12-21/h5-14,19-20,24-25H,15-18H2,1-4H3. The maximum absolute atomic E-state index is 11.4. The molecule has 0 bridgehead atoms. The van der Waals surface area contributed by atoms with Gasteiger partial charge in [-0.2, -0.15) is 0 Å². The van der Waals surface area contributed by atoms with Crippen LogP contribution < -0.4 is 0 Å². The van der Waals surface area contributed by atoms with Crippen LogP contribution in [0.1, 0.15) is 38.8 Å². The quantitative estimate of drug-likeness (QED) is 0.571. The molecule has 0 fully saturated rings. The molecule has 0 saturated heterocycles. The minimum absolute atomic E-state index is 0.142. The third kappa shape index (κ3) is 6.99. The molecule has 0 amide bonds. The van der Waals surface area contributed by atoms with Gasteiger partial charge in [0, 0.05) is 0 Å².